The summed E-state index contributed by atoms with van der Waals surface area (Å²) in [6, 6.07) is 4.01. The summed E-state index contributed by atoms with van der Waals surface area (Å²) >= 11 is 4.87. The number of aromatic amines is 1. The van der Waals surface area contributed by atoms with Gasteiger partial charge in [0.2, 0.25) is 0 Å². The van der Waals surface area contributed by atoms with Crippen molar-refractivity contribution in [2.75, 3.05) is 11.9 Å². The van der Waals surface area contributed by atoms with Gasteiger partial charge in [-0.3, -0.25) is 9.47 Å². The van der Waals surface area contributed by atoms with Crippen molar-refractivity contribution in [1.82, 2.24) is 14.5 Å². The van der Waals surface area contributed by atoms with Crippen LogP contribution < -0.4 is 9.64 Å². The van der Waals surface area contributed by atoms with Gasteiger partial charge in [0.25, 0.3) is 0 Å². The maximum Gasteiger partial charge on any atom is 0.433 e. The second-order valence-electron chi connectivity index (χ2n) is 6.24. The molecule has 1 amide bonds. The fourth-order valence-electron chi connectivity index (χ4n) is 2.55. The zero-order valence-corrected chi connectivity index (χ0v) is 16.6. The molecule has 14 heteroatoms. The van der Waals surface area contributed by atoms with Gasteiger partial charge in [0, 0.05) is 25.1 Å². The van der Waals surface area contributed by atoms with Gasteiger partial charge in [-0.25, -0.2) is 14.2 Å². The van der Waals surface area contributed by atoms with E-state index in [1.54, 1.807) is 0 Å². The van der Waals surface area contributed by atoms with Crippen LogP contribution in [0.15, 0.2) is 42.7 Å². The second kappa shape index (κ2) is 8.26. The third kappa shape index (κ3) is 4.74. The van der Waals surface area contributed by atoms with E-state index in [9.17, 15) is 35.5 Å². The molecule has 0 bridgehead atoms. The summed E-state index contributed by atoms with van der Waals surface area (Å²) in [6.45, 7) is 0. The molecule has 1 aromatic carbocycles. The van der Waals surface area contributed by atoms with Crippen LogP contribution in [0.25, 0.3) is 5.82 Å². The molecule has 32 heavy (non-hydrogen) atoms. The Morgan fingerprint density at radius 1 is 1.12 bits per heavy atom. The number of aromatic nitrogens is 3. The van der Waals surface area contributed by atoms with Gasteiger partial charge in [0.15, 0.2) is 16.3 Å². The van der Waals surface area contributed by atoms with Gasteiger partial charge < -0.3 is 9.72 Å². The van der Waals surface area contributed by atoms with Crippen molar-refractivity contribution in [2.45, 2.75) is 12.4 Å². The van der Waals surface area contributed by atoms with E-state index in [-0.39, 0.29) is 16.5 Å². The average Bonchev–Trinajstić information content (AvgIpc) is 3.12. The number of H-pyrrole nitrogens is 1. The summed E-state index contributed by atoms with van der Waals surface area (Å²) in [4.78, 5) is 18.9. The van der Waals surface area contributed by atoms with Crippen LogP contribution in [0, 0.1) is 10.6 Å². The molecule has 0 aliphatic carbocycles. The number of nitrogens with one attached hydrogen (secondary N) is 1. The number of ether oxygens (including phenoxy) is 1. The molecule has 0 atom stereocenters. The van der Waals surface area contributed by atoms with Gasteiger partial charge in [0.05, 0.1) is 0 Å². The molecular formula is C18H11F7N4O2S. The van der Waals surface area contributed by atoms with E-state index in [1.807, 2.05) is 0 Å². The smallest absolute Gasteiger partial charge is 0.405 e. The van der Waals surface area contributed by atoms with Gasteiger partial charge in [-0.15, -0.1) is 0 Å². The highest BCUT2D eigenvalue weighted by Crippen LogP contribution is 2.42. The Kier molecular flexibility index (Phi) is 6.00. The minimum Gasteiger partial charge on any atom is -0.405 e. The Balaban J connectivity index is 2.18. The molecule has 3 aromatic rings. The minimum atomic E-state index is -5.35. The Labute approximate surface area is 179 Å². The molecule has 0 radical (unpaired) electrons. The second-order valence-corrected chi connectivity index (χ2v) is 6.63. The van der Waals surface area contributed by atoms with E-state index in [1.165, 1.54) is 0 Å². The highest BCUT2D eigenvalue weighted by Gasteiger charge is 2.43. The van der Waals surface area contributed by atoms with E-state index < -0.39 is 47.1 Å². The molecule has 0 aliphatic heterocycles. The van der Waals surface area contributed by atoms with Crippen molar-refractivity contribution in [3.05, 3.63) is 64.6 Å². The molecule has 2 aromatic heterocycles. The number of halogens is 7. The lowest BCUT2D eigenvalue weighted by molar-refractivity contribution is -0.146. The van der Waals surface area contributed by atoms with Crippen molar-refractivity contribution in [3.63, 3.8) is 0 Å². The Hall–Kier alpha value is -3.42. The first-order chi connectivity index (χ1) is 14.8. The number of hydrogen-bond acceptors (Lipinski definition) is 4. The number of hydrogen-bond donors (Lipinski definition) is 1. The predicted molar refractivity (Wildman–Crippen MR) is 99.6 cm³/mol. The highest BCUT2D eigenvalue weighted by molar-refractivity contribution is 7.71. The van der Waals surface area contributed by atoms with Crippen LogP contribution in [0.4, 0.5) is 41.2 Å². The van der Waals surface area contributed by atoms with Gasteiger partial charge in [0.1, 0.15) is 17.1 Å². The first-order valence-corrected chi connectivity index (χ1v) is 8.87. The topological polar surface area (TPSA) is 63.2 Å². The summed E-state index contributed by atoms with van der Waals surface area (Å²) in [5.41, 5.74) is -3.71. The first kappa shape index (κ1) is 23.2. The lowest BCUT2D eigenvalue weighted by atomic mass is 10.1. The summed E-state index contributed by atoms with van der Waals surface area (Å²) in [5.74, 6) is -2.93. The number of amides is 1. The standard InChI is InChI=1S/C18H11F7N4O2S/c1-28(10-4-2-9(19)3-5-10)16(30)31-13-11(17(20,21)22)8-12(18(23,24)25)27-14(13)29-7-6-26-15(29)32/h2-8H,1H3,(H,26,32). The fourth-order valence-corrected chi connectivity index (χ4v) is 2.77. The number of benzene rings is 1. The van der Waals surface area contributed by atoms with Crippen LogP contribution in [-0.4, -0.2) is 27.7 Å². The van der Waals surface area contributed by atoms with Gasteiger partial charge in [-0.05, 0) is 42.5 Å². The zero-order valence-electron chi connectivity index (χ0n) is 15.8. The average molecular weight is 480 g/mol. The number of imidazole rings is 1. The van der Waals surface area contributed by atoms with Crippen molar-refractivity contribution in [1.29, 1.82) is 0 Å². The van der Waals surface area contributed by atoms with Gasteiger partial charge in [-0.2, -0.15) is 26.3 Å². The summed E-state index contributed by atoms with van der Waals surface area (Å²) < 4.78 is 99.1. The normalized spacial score (nSPS) is 12.0. The molecule has 0 spiro atoms. The molecule has 6 nitrogen and oxygen atoms in total. The molecule has 2 heterocycles. The molecule has 0 saturated carbocycles. The molecule has 3 rings (SSSR count). The molecule has 170 valence electrons. The number of alkyl halides is 6. The Morgan fingerprint density at radius 3 is 2.25 bits per heavy atom. The number of carbonyl (C=O) groups is 1. The van der Waals surface area contributed by atoms with Crippen molar-refractivity contribution >= 4 is 24.0 Å². The van der Waals surface area contributed by atoms with Gasteiger partial charge in [-0.1, -0.05) is 0 Å². The van der Waals surface area contributed by atoms with Crippen LogP contribution in [0.2, 0.25) is 0 Å². The van der Waals surface area contributed by atoms with E-state index in [0.29, 0.717) is 4.57 Å². The van der Waals surface area contributed by atoms with E-state index in [4.69, 9.17) is 17.0 Å². The molecule has 0 aliphatic rings. The van der Waals surface area contributed by atoms with Crippen LogP contribution in [0.3, 0.4) is 0 Å². The number of anilines is 1. The third-order valence-corrected chi connectivity index (χ3v) is 4.42. The molecular weight excluding hydrogens is 469 g/mol. The fraction of sp³-hybridized carbons (Fsp3) is 0.167. The van der Waals surface area contributed by atoms with Crippen molar-refractivity contribution < 1.29 is 40.3 Å². The van der Waals surface area contributed by atoms with E-state index >= 15 is 0 Å². The third-order valence-electron chi connectivity index (χ3n) is 4.11. The molecule has 0 saturated heterocycles. The zero-order chi connectivity index (χ0) is 23.8. The summed E-state index contributed by atoms with van der Waals surface area (Å²) in [5, 5.41) is 0. The Morgan fingerprint density at radius 2 is 1.75 bits per heavy atom. The van der Waals surface area contributed by atoms with Crippen molar-refractivity contribution in [2.24, 2.45) is 0 Å². The lowest BCUT2D eigenvalue weighted by Crippen LogP contribution is -2.31. The van der Waals surface area contributed by atoms with Crippen LogP contribution in [0.1, 0.15) is 11.3 Å². The summed E-state index contributed by atoms with van der Waals surface area (Å²) in [6.07, 6.45) is -9.81. The first-order valence-electron chi connectivity index (χ1n) is 8.46. The molecule has 0 fully saturated rings. The maximum atomic E-state index is 13.7. The number of rotatable bonds is 3. The Bertz CT molecular complexity index is 1200. The monoisotopic (exact) mass is 480 g/mol. The SMILES string of the molecule is CN(C(=O)Oc1c(C(F)(F)F)cc(C(F)(F)F)nc1-n1cc[nH]c1=S)c1ccc(F)cc1. The number of nitrogens with zero attached hydrogens (tertiary/aromatic N) is 3. The van der Waals surface area contributed by atoms with E-state index in [2.05, 4.69) is 9.97 Å². The van der Waals surface area contributed by atoms with Crippen molar-refractivity contribution in [3.8, 4) is 11.6 Å². The largest absolute Gasteiger partial charge is 0.433 e. The van der Waals surface area contributed by atoms with E-state index in [0.717, 1.165) is 48.6 Å². The number of carbonyl (C=O) groups excluding carboxylic acids is 1. The minimum absolute atomic E-state index is 0.0460. The van der Waals surface area contributed by atoms with Crippen LogP contribution >= 0.6 is 12.2 Å². The number of pyridine rings is 1. The quantitative estimate of drug-likeness (QED) is 0.384. The van der Waals surface area contributed by atoms with Crippen LogP contribution in [0.5, 0.6) is 5.75 Å². The molecule has 0 unspecified atom stereocenters. The molecule has 1 N–H and O–H groups in total. The van der Waals surface area contributed by atoms with Gasteiger partial charge >= 0.3 is 18.4 Å². The van der Waals surface area contributed by atoms with Crippen LogP contribution in [-0.2, 0) is 12.4 Å². The highest BCUT2D eigenvalue weighted by atomic mass is 32.1. The summed E-state index contributed by atoms with van der Waals surface area (Å²) in [7, 11) is 1.11. The maximum absolute atomic E-state index is 13.7. The predicted octanol–water partition coefficient (Wildman–Crippen LogP) is 5.74. The lowest BCUT2D eigenvalue weighted by Gasteiger charge is -2.21.